The molecule has 3 fully saturated rings. The average Bonchev–Trinajstić information content (AvgIpc) is 0.745. The number of aliphatic hydroxyl groups excluding tert-OH is 8. The standard InChI is InChI=1S/C83H134N5O22PS/c1-7-9-11-13-15-17-19-21-23-25-27-29-31-36-46-102-55-60(103-47-37-32-30-28-26-24-22-20-18-16-14-12-10-8-2)56-104-111(100,101)110-79-67(106-81-77(96)75(94)73(92)69(53-89)108-81)51-88(52-68(79)107-82-78(97)76(95)74(93)70(54-90)109-82)71(91)38-34-33-35-45-84-83(112)85-57-39-42-61(64(48-57)80(98)99)72-62-43-40-58(86(3)4)49-65(62)105-66-50-59(87(5)6)41-44-63(66)72/h39-44,48-50,60,67-70,73-79,81-82,89-90,92-97H,7-38,45-47,51-56H2,1-6H3,(H,84,112)(H,98,99)(H,100,101)/b85-57+/t60-,67-,68+,69-,70-,73-,74-,75+,76+,77+,78+,79?,81+,82+/m1/s1. The van der Waals surface area contributed by atoms with Crippen LogP contribution in [0.2, 0.25) is 0 Å². The molecule has 2 unspecified atom stereocenters. The van der Waals surface area contributed by atoms with Gasteiger partial charge in [-0.3, -0.25) is 13.8 Å². The maximum Gasteiger partial charge on any atom is 0.472 e. The van der Waals surface area contributed by atoms with E-state index in [1.54, 1.807) is 12.2 Å². The number of carboxylic acid groups (broad SMARTS) is 1. The highest BCUT2D eigenvalue weighted by atomic mass is 32.1. The number of nitrogens with zero attached hydrogens (tertiary/aromatic N) is 4. The number of ether oxygens (including phenoxy) is 7. The Balaban J connectivity index is 1.01. The zero-order valence-electron chi connectivity index (χ0n) is 67.3. The van der Waals surface area contributed by atoms with Crippen molar-refractivity contribution in [1.29, 1.82) is 0 Å². The van der Waals surface area contributed by atoms with Crippen LogP contribution in [0, 0.1) is 0 Å². The number of aliphatic hydroxyl groups is 8. The van der Waals surface area contributed by atoms with Crippen molar-refractivity contribution in [2.24, 2.45) is 4.99 Å². The van der Waals surface area contributed by atoms with E-state index in [0.717, 1.165) is 73.9 Å². The van der Waals surface area contributed by atoms with Crippen LogP contribution in [0.3, 0.4) is 0 Å². The predicted octanol–water partition coefficient (Wildman–Crippen LogP) is 11.3. The van der Waals surface area contributed by atoms with Crippen LogP contribution in [0.1, 0.15) is 230 Å². The average molecular weight is 1620 g/mol. The van der Waals surface area contributed by atoms with Gasteiger partial charge in [-0.2, -0.15) is 0 Å². The minimum atomic E-state index is -5.31. The van der Waals surface area contributed by atoms with Crippen LogP contribution in [-0.4, -0.2) is 252 Å². The summed E-state index contributed by atoms with van der Waals surface area (Å²) >= 11 is 5.63. The van der Waals surface area contributed by atoms with Gasteiger partial charge in [-0.05, 0) is 79.9 Å². The predicted molar refractivity (Wildman–Crippen MR) is 435 cm³/mol. The molecule has 4 aliphatic heterocycles. The summed E-state index contributed by atoms with van der Waals surface area (Å²) in [6, 6.07) is 11.6. The second-order valence-corrected chi connectivity index (χ2v) is 32.7. The molecule has 112 heavy (non-hydrogen) atoms. The highest BCUT2D eigenvalue weighted by molar-refractivity contribution is 7.80. The highest BCUT2D eigenvalue weighted by Gasteiger charge is 2.53. The summed E-state index contributed by atoms with van der Waals surface area (Å²) in [5.41, 5.74) is 4.65. The highest BCUT2D eigenvalue weighted by Crippen LogP contribution is 2.50. The molecule has 5 aliphatic rings. The molecule has 0 bridgehead atoms. The van der Waals surface area contributed by atoms with Crippen molar-refractivity contribution < 1.29 is 107 Å². The molecule has 1 aliphatic carbocycles. The Morgan fingerprint density at radius 3 is 1.49 bits per heavy atom. The smallest absolute Gasteiger partial charge is 0.472 e. The third kappa shape index (κ3) is 30.6. The van der Waals surface area contributed by atoms with E-state index in [4.69, 9.17) is 54.4 Å². The van der Waals surface area contributed by atoms with Crippen LogP contribution in [0.4, 0.5) is 11.4 Å². The van der Waals surface area contributed by atoms with E-state index >= 15 is 0 Å². The zero-order chi connectivity index (χ0) is 81.0. The molecule has 15 atom stereocenters. The van der Waals surface area contributed by atoms with Crippen molar-refractivity contribution in [3.8, 4) is 11.5 Å². The molecule has 27 nitrogen and oxygen atoms in total. The summed E-state index contributed by atoms with van der Waals surface area (Å²) in [6.45, 7) is 2.46. The number of allylic oxidation sites excluding steroid dienone is 3. The monoisotopic (exact) mass is 1620 g/mol. The SMILES string of the molecule is CCCCCCCCCCCCCCCCOC[C@H](COP(=O)(O)OC1[C@@H](O[C@H]2O[C@H](CO)[C@@H](O)[C@H](O)[C@@H]2O)CN(C(=O)CCCCCNC(=S)/N=C2\C=CC(=C3c4ccc(N(C)C)cc4Oc4cc(N(C)C)ccc43)C(C(=O)O)=C2)C[C@H]1O[C@H]1O[C@H](CO)[C@@H](O)[C@H](O)[C@@H]1O)OCCCCCCCCCCCCCCCC. The van der Waals surface area contributed by atoms with Gasteiger partial charge in [-0.15, -0.1) is 0 Å². The summed E-state index contributed by atoms with van der Waals surface area (Å²) in [7, 11) is 2.39. The molecule has 29 heteroatoms. The molecular formula is C83H134N5O22PS. The number of likely N-dealkylation sites (tertiary alicyclic amines) is 1. The van der Waals surface area contributed by atoms with Crippen LogP contribution in [0.15, 0.2) is 70.8 Å². The topological polar surface area (TPSA) is 371 Å². The number of aliphatic carboxylic acids is 1. The van der Waals surface area contributed by atoms with E-state index in [9.17, 15) is 65.0 Å². The van der Waals surface area contributed by atoms with Gasteiger partial charge < -0.3 is 104 Å². The zero-order valence-corrected chi connectivity index (χ0v) is 69.0. The molecule has 2 aromatic carbocycles. The number of thiocarbonyl (C=S) groups is 1. The lowest BCUT2D eigenvalue weighted by Gasteiger charge is -2.48. The first-order valence-electron chi connectivity index (χ1n) is 41.6. The maximum absolute atomic E-state index is 14.6. The first kappa shape index (κ1) is 94.3. The molecule has 3 saturated heterocycles. The van der Waals surface area contributed by atoms with Gasteiger partial charge in [0.15, 0.2) is 17.7 Å². The Labute approximate surface area is 669 Å². The van der Waals surface area contributed by atoms with Gasteiger partial charge in [0, 0.05) is 108 Å². The van der Waals surface area contributed by atoms with Gasteiger partial charge >= 0.3 is 13.8 Å². The molecule has 7 rings (SSSR count). The fourth-order valence-corrected chi connectivity index (χ4v) is 15.9. The Hall–Kier alpha value is -4.89. The fourth-order valence-electron chi connectivity index (χ4n) is 14.7. The number of unbranched alkanes of at least 4 members (excludes halogenated alkanes) is 28. The number of fused-ring (bicyclic) bond motifs is 2. The van der Waals surface area contributed by atoms with Gasteiger partial charge in [-0.25, -0.2) is 14.4 Å². The number of aliphatic imine (C=N–C) groups is 1. The fraction of sp³-hybridized carbons (Fsp3) is 0.735. The first-order chi connectivity index (χ1) is 54.0. The largest absolute Gasteiger partial charge is 0.478 e. The molecular weight excluding hydrogens is 1480 g/mol. The minimum Gasteiger partial charge on any atom is -0.478 e. The third-order valence-electron chi connectivity index (χ3n) is 21.5. The number of amides is 1. The Morgan fingerprint density at radius 2 is 1.04 bits per heavy atom. The molecule has 0 saturated carbocycles. The Kier molecular flexibility index (Phi) is 42.6. The summed E-state index contributed by atoms with van der Waals surface area (Å²) in [4.78, 5) is 49.2. The van der Waals surface area contributed by atoms with Crippen molar-refractivity contribution in [3.63, 3.8) is 0 Å². The summed E-state index contributed by atoms with van der Waals surface area (Å²) in [5, 5.41) is 100. The van der Waals surface area contributed by atoms with Crippen molar-refractivity contribution >= 4 is 59.7 Å². The van der Waals surface area contributed by atoms with E-state index in [2.05, 4.69) is 24.2 Å². The Morgan fingerprint density at radius 1 is 0.598 bits per heavy atom. The van der Waals surface area contributed by atoms with Gasteiger partial charge in [0.2, 0.25) is 5.91 Å². The number of hydrogen-bond acceptors (Lipinski definition) is 23. The molecule has 2 aromatic rings. The number of carbonyl (C=O) groups excluding carboxylic acids is 1. The number of anilines is 2. The molecule has 1 amide bonds. The quantitative estimate of drug-likeness (QED) is 0.0142. The van der Waals surface area contributed by atoms with Crippen LogP contribution >= 0.6 is 20.0 Å². The number of nitrogens with one attached hydrogen (secondary N) is 1. The number of piperidine rings is 1. The maximum atomic E-state index is 14.6. The summed E-state index contributed by atoms with van der Waals surface area (Å²) < 4.78 is 69.4. The second-order valence-electron chi connectivity index (χ2n) is 31.0. The van der Waals surface area contributed by atoms with Crippen molar-refractivity contribution in [1.82, 2.24) is 10.2 Å². The van der Waals surface area contributed by atoms with Gasteiger partial charge in [0.25, 0.3) is 0 Å². The van der Waals surface area contributed by atoms with Gasteiger partial charge in [0.05, 0.1) is 37.7 Å². The molecule has 4 heterocycles. The van der Waals surface area contributed by atoms with Crippen molar-refractivity contribution in [2.45, 2.75) is 305 Å². The number of phosphoric ester groups is 1. The van der Waals surface area contributed by atoms with Crippen molar-refractivity contribution in [3.05, 3.63) is 76.9 Å². The van der Waals surface area contributed by atoms with E-state index < -0.39 is 138 Å². The van der Waals surface area contributed by atoms with Crippen molar-refractivity contribution in [2.75, 3.05) is 97.3 Å². The lowest BCUT2D eigenvalue weighted by molar-refractivity contribution is -0.339. The Bertz CT molecular complexity index is 3200. The van der Waals surface area contributed by atoms with E-state index in [1.807, 2.05) is 74.4 Å². The normalized spacial score (nSPS) is 25.0. The molecule has 0 spiro atoms. The molecule has 11 N–H and O–H groups in total. The van der Waals surface area contributed by atoms with E-state index in [-0.39, 0.29) is 23.7 Å². The summed E-state index contributed by atoms with van der Waals surface area (Å²) in [6.07, 6.45) is 15.2. The van der Waals surface area contributed by atoms with Gasteiger partial charge in [-0.1, -0.05) is 193 Å². The molecule has 634 valence electrons. The number of hydrogen-bond donors (Lipinski definition) is 11. The minimum absolute atomic E-state index is 0.00468. The molecule has 0 aromatic heterocycles. The van der Waals surface area contributed by atoms with Crippen LogP contribution in [0.25, 0.3) is 5.57 Å². The van der Waals surface area contributed by atoms with Crippen LogP contribution < -0.4 is 19.9 Å². The number of phosphoric acid groups is 1. The lowest BCUT2D eigenvalue weighted by Crippen LogP contribution is -2.65. The van der Waals surface area contributed by atoms with E-state index in [1.165, 1.54) is 139 Å². The molecule has 0 radical (unpaired) electrons. The lowest BCUT2D eigenvalue weighted by atomic mass is 9.84. The first-order valence-corrected chi connectivity index (χ1v) is 43.5. The number of carboxylic acids is 1. The number of carbonyl (C=O) groups is 2. The second kappa shape index (κ2) is 50.7. The third-order valence-corrected chi connectivity index (χ3v) is 22.7. The van der Waals surface area contributed by atoms with E-state index in [0.29, 0.717) is 67.4 Å². The number of rotatable bonds is 53. The van der Waals surface area contributed by atoms with Crippen LogP contribution in [0.5, 0.6) is 11.5 Å². The van der Waals surface area contributed by atoms with Gasteiger partial charge in [0.1, 0.15) is 84.7 Å². The van der Waals surface area contributed by atoms with Crippen LogP contribution in [-0.2, 0) is 51.6 Å². The number of benzene rings is 2. The summed E-state index contributed by atoms with van der Waals surface area (Å²) in [5.74, 6) is -0.534.